The van der Waals surface area contributed by atoms with Gasteiger partial charge >= 0.3 is 0 Å². The molecular formula is C7H10S2. The largest absolute Gasteiger partial charge is 0.148 e. The Morgan fingerprint density at radius 3 is 2.89 bits per heavy atom. The average Bonchev–Trinajstić information content (AvgIpc) is 2.18. The molecule has 0 atom stereocenters. The van der Waals surface area contributed by atoms with Gasteiger partial charge in [0.25, 0.3) is 0 Å². The minimum Gasteiger partial charge on any atom is -0.148 e. The van der Waals surface area contributed by atoms with Crippen LogP contribution in [0.4, 0.5) is 0 Å². The second-order valence-electron chi connectivity index (χ2n) is 1.77. The molecule has 0 spiro atoms. The summed E-state index contributed by atoms with van der Waals surface area (Å²) in [4.78, 5) is 2.89. The van der Waals surface area contributed by atoms with E-state index in [2.05, 4.69) is 25.3 Å². The number of hydrogen-bond donors (Lipinski definition) is 0. The van der Waals surface area contributed by atoms with Crippen LogP contribution in [0.25, 0.3) is 0 Å². The van der Waals surface area contributed by atoms with Gasteiger partial charge < -0.3 is 0 Å². The zero-order chi connectivity index (χ0) is 6.69. The molecular weight excluding hydrogens is 148 g/mol. The zero-order valence-electron chi connectivity index (χ0n) is 5.68. The molecule has 1 heterocycles. The molecule has 9 heavy (non-hydrogen) atoms. The highest BCUT2D eigenvalue weighted by atomic mass is 32.2. The second kappa shape index (κ2) is 3.28. The molecule has 0 radical (unpaired) electrons. The summed E-state index contributed by atoms with van der Waals surface area (Å²) < 4.78 is 0. The summed E-state index contributed by atoms with van der Waals surface area (Å²) in [6.07, 6.45) is 0. The van der Waals surface area contributed by atoms with E-state index in [0.29, 0.717) is 0 Å². The highest BCUT2D eigenvalue weighted by Gasteiger charge is 1.95. The Morgan fingerprint density at radius 2 is 2.44 bits per heavy atom. The van der Waals surface area contributed by atoms with E-state index in [9.17, 15) is 0 Å². The van der Waals surface area contributed by atoms with Gasteiger partial charge in [0.15, 0.2) is 0 Å². The predicted molar refractivity (Wildman–Crippen MR) is 45.5 cm³/mol. The van der Waals surface area contributed by atoms with E-state index >= 15 is 0 Å². The molecule has 1 rings (SSSR count). The topological polar surface area (TPSA) is 0 Å². The van der Waals surface area contributed by atoms with Crippen LogP contribution in [0.1, 0.15) is 11.8 Å². The van der Waals surface area contributed by atoms with Gasteiger partial charge in [-0.05, 0) is 24.1 Å². The van der Waals surface area contributed by atoms with Crippen LogP contribution in [0.3, 0.4) is 0 Å². The van der Waals surface area contributed by atoms with E-state index in [4.69, 9.17) is 0 Å². The quantitative estimate of drug-likeness (QED) is 0.596. The Hall–Kier alpha value is 0.0500. The van der Waals surface area contributed by atoms with Crippen LogP contribution in [-0.2, 0) is 0 Å². The number of rotatable bonds is 2. The van der Waals surface area contributed by atoms with Crippen molar-refractivity contribution in [3.63, 3.8) is 0 Å². The smallest absolute Gasteiger partial charge is 0.0208 e. The van der Waals surface area contributed by atoms with Gasteiger partial charge in [-0.2, -0.15) is 0 Å². The number of thiophene rings is 1. The summed E-state index contributed by atoms with van der Waals surface area (Å²) in [7, 11) is 0. The molecule has 0 N–H and O–H groups in total. The minimum atomic E-state index is 1.18. The van der Waals surface area contributed by atoms with Crippen molar-refractivity contribution >= 4 is 23.1 Å². The van der Waals surface area contributed by atoms with E-state index in [0.717, 1.165) is 0 Å². The third-order valence-corrected chi connectivity index (χ3v) is 3.13. The van der Waals surface area contributed by atoms with Gasteiger partial charge in [0.1, 0.15) is 0 Å². The molecule has 0 amide bonds. The van der Waals surface area contributed by atoms with Crippen LogP contribution < -0.4 is 0 Å². The Morgan fingerprint density at radius 1 is 1.67 bits per heavy atom. The standard InChI is InChI=1S/C7H10S2/c1-3-8-7-4-5-9-6(7)2/h4-5H,3H2,1-2H3. The van der Waals surface area contributed by atoms with E-state index in [1.807, 2.05) is 23.1 Å². The van der Waals surface area contributed by atoms with Crippen molar-refractivity contribution in [2.24, 2.45) is 0 Å². The van der Waals surface area contributed by atoms with Crippen LogP contribution in [0, 0.1) is 6.92 Å². The third kappa shape index (κ3) is 1.73. The molecule has 0 saturated carbocycles. The Balaban J connectivity index is 2.69. The van der Waals surface area contributed by atoms with Crippen molar-refractivity contribution in [2.75, 3.05) is 5.75 Å². The lowest BCUT2D eigenvalue weighted by Gasteiger charge is -1.92. The molecule has 1 aromatic heterocycles. The average molecular weight is 158 g/mol. The summed E-state index contributed by atoms with van der Waals surface area (Å²) >= 11 is 3.74. The lowest BCUT2D eigenvalue weighted by atomic mass is 10.5. The van der Waals surface area contributed by atoms with Crippen molar-refractivity contribution in [1.29, 1.82) is 0 Å². The van der Waals surface area contributed by atoms with Crippen LogP contribution in [-0.4, -0.2) is 5.75 Å². The molecule has 0 bridgehead atoms. The van der Waals surface area contributed by atoms with E-state index < -0.39 is 0 Å². The highest BCUT2D eigenvalue weighted by Crippen LogP contribution is 2.25. The van der Waals surface area contributed by atoms with E-state index in [1.54, 1.807) is 0 Å². The molecule has 0 aliphatic heterocycles. The second-order valence-corrected chi connectivity index (χ2v) is 4.20. The maximum atomic E-state index is 2.19. The van der Waals surface area contributed by atoms with Crippen LogP contribution in [0.15, 0.2) is 16.3 Å². The first kappa shape index (κ1) is 7.16. The first-order valence-electron chi connectivity index (χ1n) is 3.01. The maximum absolute atomic E-state index is 2.19. The summed E-state index contributed by atoms with van der Waals surface area (Å²) in [5, 5.41) is 2.15. The monoisotopic (exact) mass is 158 g/mol. The molecule has 1 aromatic rings. The minimum absolute atomic E-state index is 1.18. The van der Waals surface area contributed by atoms with Crippen molar-refractivity contribution < 1.29 is 0 Å². The van der Waals surface area contributed by atoms with Crippen molar-refractivity contribution in [2.45, 2.75) is 18.7 Å². The number of thioether (sulfide) groups is 1. The summed E-state index contributed by atoms with van der Waals surface area (Å²) in [5.41, 5.74) is 0. The van der Waals surface area contributed by atoms with Gasteiger partial charge in [0.05, 0.1) is 0 Å². The fourth-order valence-electron chi connectivity index (χ4n) is 0.679. The normalized spacial score (nSPS) is 10.0. The van der Waals surface area contributed by atoms with Gasteiger partial charge in [-0.25, -0.2) is 0 Å². The van der Waals surface area contributed by atoms with Crippen LogP contribution >= 0.6 is 23.1 Å². The summed E-state index contributed by atoms with van der Waals surface area (Å²) in [5.74, 6) is 1.18. The molecule has 2 heteroatoms. The number of hydrogen-bond acceptors (Lipinski definition) is 2. The summed E-state index contributed by atoms with van der Waals surface area (Å²) in [6.45, 7) is 4.35. The fraction of sp³-hybridized carbons (Fsp3) is 0.429. The third-order valence-electron chi connectivity index (χ3n) is 1.11. The van der Waals surface area contributed by atoms with Crippen molar-refractivity contribution in [1.82, 2.24) is 0 Å². The van der Waals surface area contributed by atoms with Crippen LogP contribution in [0.5, 0.6) is 0 Å². The maximum Gasteiger partial charge on any atom is 0.0208 e. The molecule has 0 fully saturated rings. The van der Waals surface area contributed by atoms with Crippen molar-refractivity contribution in [3.8, 4) is 0 Å². The van der Waals surface area contributed by atoms with Gasteiger partial charge in [0, 0.05) is 9.77 Å². The Bertz CT molecular complexity index is 179. The Kier molecular flexibility index (Phi) is 2.61. The van der Waals surface area contributed by atoms with Gasteiger partial charge in [-0.15, -0.1) is 23.1 Å². The predicted octanol–water partition coefficient (Wildman–Crippen LogP) is 3.17. The molecule has 0 unspecified atom stereocenters. The van der Waals surface area contributed by atoms with Gasteiger partial charge in [-0.3, -0.25) is 0 Å². The molecule has 0 aliphatic rings. The van der Waals surface area contributed by atoms with Crippen molar-refractivity contribution in [3.05, 3.63) is 16.3 Å². The first-order valence-corrected chi connectivity index (χ1v) is 4.88. The van der Waals surface area contributed by atoms with E-state index in [1.165, 1.54) is 15.5 Å². The zero-order valence-corrected chi connectivity index (χ0v) is 7.31. The first-order chi connectivity index (χ1) is 4.34. The molecule has 0 saturated heterocycles. The Labute approximate surface area is 64.3 Å². The molecule has 50 valence electrons. The SMILES string of the molecule is CCSc1ccsc1C. The molecule has 0 nitrogen and oxygen atoms in total. The van der Waals surface area contributed by atoms with Crippen LogP contribution in [0.2, 0.25) is 0 Å². The lowest BCUT2D eigenvalue weighted by molar-refractivity contribution is 1.40. The van der Waals surface area contributed by atoms with E-state index in [-0.39, 0.29) is 0 Å². The molecule has 0 aliphatic carbocycles. The van der Waals surface area contributed by atoms with Gasteiger partial charge in [0.2, 0.25) is 0 Å². The van der Waals surface area contributed by atoms with Gasteiger partial charge in [-0.1, -0.05) is 6.92 Å². The summed E-state index contributed by atoms with van der Waals surface area (Å²) in [6, 6.07) is 2.19. The highest BCUT2D eigenvalue weighted by molar-refractivity contribution is 7.99. The number of aryl methyl sites for hydroxylation is 1. The fourth-order valence-corrected chi connectivity index (χ4v) is 2.36. The lowest BCUT2D eigenvalue weighted by Crippen LogP contribution is -1.68. The molecule has 0 aromatic carbocycles.